The molecule has 0 aliphatic carbocycles. The molecule has 0 aliphatic heterocycles. The quantitative estimate of drug-likeness (QED) is 0.729. The number of nitrogens with zero attached hydrogens (tertiary/aromatic N) is 1. The zero-order chi connectivity index (χ0) is 9.84. The number of nitrogen functional groups attached to an aromatic ring is 1. The van der Waals surface area contributed by atoms with Crippen LogP contribution in [0.15, 0.2) is 12.3 Å². The fraction of sp³-hybridized carbons (Fsp3) is 0.143. The van der Waals surface area contributed by atoms with Crippen LogP contribution in [0, 0.1) is 4.91 Å². The van der Waals surface area contributed by atoms with Gasteiger partial charge in [0.15, 0.2) is 7.11 Å². The van der Waals surface area contributed by atoms with Crippen LogP contribution in [-0.4, -0.2) is 12.0 Å². The molecule has 1 aromatic heterocycles. The molecule has 1 heterocycles. The van der Waals surface area contributed by atoms with Gasteiger partial charge < -0.3 is 10.8 Å². The van der Waals surface area contributed by atoms with E-state index >= 15 is 0 Å². The lowest BCUT2D eigenvalue weighted by Gasteiger charge is -1.90. The molecule has 6 heteroatoms. The fourth-order valence-corrected chi connectivity index (χ4v) is 1.42. The maximum absolute atomic E-state index is 10.8. The molecule has 0 spiro atoms. The summed E-state index contributed by atoms with van der Waals surface area (Å²) in [5.74, 6) is 0. The summed E-state index contributed by atoms with van der Waals surface area (Å²) in [6, 6.07) is 1.31. The van der Waals surface area contributed by atoms with E-state index in [1.165, 1.54) is 19.3 Å². The molecule has 1 rings (SSSR count). The van der Waals surface area contributed by atoms with Gasteiger partial charge in [-0.15, -0.1) is 0 Å². The average Bonchev–Trinajstić information content (AvgIpc) is 2.41. The summed E-state index contributed by atoms with van der Waals surface area (Å²) < 4.78 is 0. The van der Waals surface area contributed by atoms with Crippen molar-refractivity contribution in [3.63, 3.8) is 0 Å². The minimum absolute atomic E-state index is 0.132. The molecule has 0 saturated heterocycles. The predicted molar refractivity (Wildman–Crippen MR) is 47.8 cm³/mol. The Morgan fingerprint density at radius 2 is 2.46 bits per heavy atom. The first-order valence-corrected chi connectivity index (χ1v) is 4.20. The standard InChI is InChI=1S/C7H8N2O3S/c1-12-9(11)3-2-6-5(8)4-7(10)13-6/h2-4H,1H3,(H2-,8,10,11). The van der Waals surface area contributed by atoms with Gasteiger partial charge in [-0.1, -0.05) is 0 Å². The van der Waals surface area contributed by atoms with E-state index in [1.54, 1.807) is 0 Å². The molecule has 0 fully saturated rings. The van der Waals surface area contributed by atoms with Gasteiger partial charge >= 0.3 is 0 Å². The topological polar surface area (TPSA) is 78.4 Å². The van der Waals surface area contributed by atoms with E-state index in [-0.39, 0.29) is 9.99 Å². The highest BCUT2D eigenvalue weighted by Gasteiger charge is 2.02. The summed E-state index contributed by atoms with van der Waals surface area (Å²) in [5.41, 5.74) is 5.84. The Labute approximate surface area is 78.6 Å². The van der Waals surface area contributed by atoms with Gasteiger partial charge in [0, 0.05) is 11.8 Å². The number of hydrogen-bond donors (Lipinski definition) is 1. The van der Waals surface area contributed by atoms with E-state index in [2.05, 4.69) is 4.84 Å². The molecule has 0 bridgehead atoms. The smallest absolute Gasteiger partial charge is 0.283 e. The Bertz CT molecular complexity index is 346. The summed E-state index contributed by atoms with van der Waals surface area (Å²) in [6.07, 6.45) is 2.57. The van der Waals surface area contributed by atoms with Crippen molar-refractivity contribution in [3.05, 3.63) is 22.1 Å². The summed E-state index contributed by atoms with van der Waals surface area (Å²) in [4.78, 5) is 15.7. The van der Waals surface area contributed by atoms with E-state index in [9.17, 15) is 10.0 Å². The molecule has 0 saturated carbocycles. The van der Waals surface area contributed by atoms with Gasteiger partial charge in [-0.25, -0.2) is 4.84 Å². The lowest BCUT2D eigenvalue weighted by atomic mass is 10.4. The Morgan fingerprint density at radius 3 is 2.92 bits per heavy atom. The number of anilines is 1. The normalized spacial score (nSPS) is 10.5. The van der Waals surface area contributed by atoms with Gasteiger partial charge in [0.25, 0.3) is 11.1 Å². The highest BCUT2D eigenvalue weighted by Crippen LogP contribution is 2.28. The van der Waals surface area contributed by atoms with E-state index in [0.29, 0.717) is 10.6 Å². The van der Waals surface area contributed by atoms with Gasteiger partial charge in [-0.05, 0) is 11.1 Å². The van der Waals surface area contributed by atoms with Gasteiger partial charge in [-0.3, -0.25) is 0 Å². The van der Waals surface area contributed by atoms with Gasteiger partial charge in [0.2, 0.25) is 0 Å². The minimum atomic E-state index is -0.132. The first-order chi connectivity index (χ1) is 6.13. The molecule has 0 amide bonds. The SMILES string of the molecule is CO[N+](=O)/C=C/c1sc([O-])cc1N. The van der Waals surface area contributed by atoms with Crippen molar-refractivity contribution in [2.45, 2.75) is 0 Å². The Balaban J connectivity index is 2.79. The zero-order valence-corrected chi connectivity index (χ0v) is 7.71. The summed E-state index contributed by atoms with van der Waals surface area (Å²) in [7, 11) is 1.24. The Kier molecular flexibility index (Phi) is 2.86. The number of nitrogens with two attached hydrogens (primary N) is 1. The molecule has 70 valence electrons. The van der Waals surface area contributed by atoms with Crippen LogP contribution in [0.5, 0.6) is 5.06 Å². The first kappa shape index (κ1) is 9.53. The lowest BCUT2D eigenvalue weighted by molar-refractivity contribution is -0.747. The minimum Gasteiger partial charge on any atom is -0.865 e. The monoisotopic (exact) mass is 200 g/mol. The number of hydrogen-bond acceptors (Lipinski definition) is 5. The van der Waals surface area contributed by atoms with Crippen LogP contribution in [0.25, 0.3) is 6.08 Å². The number of thiophene rings is 1. The Hall–Kier alpha value is -1.56. The second-order valence-electron chi connectivity index (χ2n) is 2.17. The van der Waals surface area contributed by atoms with Crippen LogP contribution in [0.1, 0.15) is 4.88 Å². The van der Waals surface area contributed by atoms with Gasteiger partial charge in [-0.2, -0.15) is 11.3 Å². The molecule has 0 aliphatic rings. The van der Waals surface area contributed by atoms with E-state index in [4.69, 9.17) is 5.73 Å². The largest absolute Gasteiger partial charge is 0.865 e. The van der Waals surface area contributed by atoms with Crippen molar-refractivity contribution < 1.29 is 14.9 Å². The maximum atomic E-state index is 10.8. The zero-order valence-electron chi connectivity index (χ0n) is 6.89. The summed E-state index contributed by atoms with van der Waals surface area (Å²) in [5, 5.41) is 10.7. The molecule has 5 nitrogen and oxygen atoms in total. The van der Waals surface area contributed by atoms with Gasteiger partial charge in [0.05, 0.1) is 9.78 Å². The summed E-state index contributed by atoms with van der Waals surface area (Å²) in [6.45, 7) is 0. The summed E-state index contributed by atoms with van der Waals surface area (Å²) >= 11 is 0.978. The van der Waals surface area contributed by atoms with Crippen LogP contribution in [-0.2, 0) is 4.84 Å². The predicted octanol–water partition coefficient (Wildman–Crippen LogP) is 0.715. The highest BCUT2D eigenvalue weighted by molar-refractivity contribution is 7.15. The molecular weight excluding hydrogens is 192 g/mol. The van der Waals surface area contributed by atoms with Crippen molar-refractivity contribution in [1.29, 1.82) is 0 Å². The molecule has 1 aromatic rings. The van der Waals surface area contributed by atoms with Crippen molar-refractivity contribution >= 4 is 23.1 Å². The molecule has 0 aromatic carbocycles. The van der Waals surface area contributed by atoms with Crippen LogP contribution in [0.2, 0.25) is 0 Å². The third-order valence-corrected chi connectivity index (χ3v) is 2.21. The molecule has 13 heavy (non-hydrogen) atoms. The van der Waals surface area contributed by atoms with Crippen molar-refractivity contribution in [1.82, 2.24) is 0 Å². The maximum Gasteiger partial charge on any atom is 0.283 e. The van der Waals surface area contributed by atoms with Gasteiger partial charge in [0.1, 0.15) is 0 Å². The molecule has 0 atom stereocenters. The lowest BCUT2D eigenvalue weighted by Crippen LogP contribution is -1.94. The van der Waals surface area contributed by atoms with Crippen LogP contribution in [0.3, 0.4) is 0 Å². The molecular formula is C7H8N2O3S. The van der Waals surface area contributed by atoms with Crippen LogP contribution >= 0.6 is 11.3 Å². The van der Waals surface area contributed by atoms with E-state index in [0.717, 1.165) is 17.5 Å². The van der Waals surface area contributed by atoms with E-state index < -0.39 is 0 Å². The van der Waals surface area contributed by atoms with E-state index in [1.807, 2.05) is 0 Å². The third-order valence-electron chi connectivity index (χ3n) is 1.30. The number of rotatable bonds is 3. The second-order valence-corrected chi connectivity index (χ2v) is 3.22. The van der Waals surface area contributed by atoms with Crippen LogP contribution in [0.4, 0.5) is 5.69 Å². The van der Waals surface area contributed by atoms with Crippen molar-refractivity contribution in [2.24, 2.45) is 0 Å². The fourth-order valence-electron chi connectivity index (χ4n) is 0.715. The second kappa shape index (κ2) is 3.90. The third kappa shape index (κ3) is 2.45. The van der Waals surface area contributed by atoms with Crippen molar-refractivity contribution in [2.75, 3.05) is 12.8 Å². The van der Waals surface area contributed by atoms with Crippen LogP contribution < -0.4 is 10.8 Å². The first-order valence-electron chi connectivity index (χ1n) is 3.38. The Morgan fingerprint density at radius 1 is 1.77 bits per heavy atom. The molecule has 2 N–H and O–H groups in total. The molecule has 0 radical (unpaired) electrons. The highest BCUT2D eigenvalue weighted by atomic mass is 32.1. The average molecular weight is 200 g/mol. The molecule has 0 unspecified atom stereocenters. The van der Waals surface area contributed by atoms with Crippen molar-refractivity contribution in [3.8, 4) is 5.06 Å².